The molecule has 0 radical (unpaired) electrons. The Kier molecular flexibility index (Phi) is 7.06. The lowest BCUT2D eigenvalue weighted by molar-refractivity contribution is 0.265. The van der Waals surface area contributed by atoms with E-state index in [1.54, 1.807) is 0 Å². The molecule has 0 aromatic rings. The summed E-state index contributed by atoms with van der Waals surface area (Å²) in [6, 6.07) is 0. The third-order valence-electron chi connectivity index (χ3n) is 3.07. The average Bonchev–Trinajstić information content (AvgIpc) is 2.72. The molecule has 0 unspecified atom stereocenters. The molecule has 94 valence electrons. The van der Waals surface area contributed by atoms with Crippen molar-refractivity contribution < 1.29 is 0 Å². The zero-order chi connectivity index (χ0) is 11.6. The lowest BCUT2D eigenvalue weighted by Gasteiger charge is -2.20. The van der Waals surface area contributed by atoms with Crippen LogP contribution in [-0.2, 0) is 0 Å². The molecule has 0 spiro atoms. The number of hydrogen-bond donors (Lipinski definition) is 1. The van der Waals surface area contributed by atoms with E-state index in [9.17, 15) is 0 Å². The van der Waals surface area contributed by atoms with E-state index in [1.165, 1.54) is 45.1 Å². The van der Waals surface area contributed by atoms with Crippen LogP contribution in [-0.4, -0.2) is 36.1 Å². The van der Waals surface area contributed by atoms with E-state index >= 15 is 0 Å². The van der Waals surface area contributed by atoms with Gasteiger partial charge >= 0.3 is 0 Å². The molecule has 0 saturated carbocycles. The van der Waals surface area contributed by atoms with E-state index in [2.05, 4.69) is 29.1 Å². The summed E-state index contributed by atoms with van der Waals surface area (Å²) in [4.78, 5) is 4.66. The topological polar surface area (TPSA) is 32.5 Å². The van der Waals surface area contributed by atoms with Crippen LogP contribution in [0.1, 0.15) is 45.4 Å². The van der Waals surface area contributed by atoms with Crippen molar-refractivity contribution in [3.05, 3.63) is 12.4 Å². The van der Waals surface area contributed by atoms with Gasteiger partial charge in [-0.3, -0.25) is 0 Å². The minimum atomic E-state index is 0.745. The molecule has 0 bridgehead atoms. The van der Waals surface area contributed by atoms with Crippen LogP contribution in [0.15, 0.2) is 12.4 Å². The zero-order valence-electron chi connectivity index (χ0n) is 10.7. The first-order chi connectivity index (χ1) is 7.86. The fraction of sp³-hybridized carbons (Fsp3) is 0.846. The molecule has 0 fully saturated rings. The van der Waals surface area contributed by atoms with Crippen molar-refractivity contribution in [1.29, 1.82) is 0 Å². The highest BCUT2D eigenvalue weighted by molar-refractivity contribution is 4.90. The summed E-state index contributed by atoms with van der Waals surface area (Å²) in [5.74, 6) is 0. The summed E-state index contributed by atoms with van der Waals surface area (Å²) in [5, 5.41) is 0. The molecule has 0 aromatic heterocycles. The van der Waals surface area contributed by atoms with E-state index in [4.69, 9.17) is 5.73 Å². The normalized spacial score (nSPS) is 15.1. The number of nitrogens with two attached hydrogens (primary N) is 1. The maximum atomic E-state index is 5.53. The fourth-order valence-electron chi connectivity index (χ4n) is 2.07. The SMILES string of the molecule is CCCCCCCCN1C=CN(CCN)C1. The van der Waals surface area contributed by atoms with E-state index in [0.29, 0.717) is 0 Å². The molecule has 2 N–H and O–H groups in total. The highest BCUT2D eigenvalue weighted by Crippen LogP contribution is 2.09. The Balaban J connectivity index is 1.93. The third-order valence-corrected chi connectivity index (χ3v) is 3.07. The molecule has 16 heavy (non-hydrogen) atoms. The van der Waals surface area contributed by atoms with Crippen LogP contribution >= 0.6 is 0 Å². The Hall–Kier alpha value is -0.700. The van der Waals surface area contributed by atoms with E-state index in [0.717, 1.165) is 19.8 Å². The molecule has 3 nitrogen and oxygen atoms in total. The van der Waals surface area contributed by atoms with E-state index in [1.807, 2.05) is 0 Å². The molecule has 1 aliphatic heterocycles. The molecule has 0 aromatic carbocycles. The molecule has 3 heteroatoms. The van der Waals surface area contributed by atoms with Gasteiger partial charge in [-0.05, 0) is 6.42 Å². The van der Waals surface area contributed by atoms with Crippen LogP contribution < -0.4 is 5.73 Å². The van der Waals surface area contributed by atoms with Crippen LogP contribution in [0.3, 0.4) is 0 Å². The number of nitrogens with zero attached hydrogens (tertiary/aromatic N) is 2. The maximum absolute atomic E-state index is 5.53. The molecule has 0 aliphatic carbocycles. The quantitative estimate of drug-likeness (QED) is 0.611. The van der Waals surface area contributed by atoms with Gasteiger partial charge in [0.05, 0.1) is 6.67 Å². The Morgan fingerprint density at radius 2 is 1.56 bits per heavy atom. The molecule has 0 saturated heterocycles. The summed E-state index contributed by atoms with van der Waals surface area (Å²) in [6.45, 7) is 6.22. The first-order valence-electron chi connectivity index (χ1n) is 6.73. The van der Waals surface area contributed by atoms with Crippen LogP contribution in [0.25, 0.3) is 0 Å². The van der Waals surface area contributed by atoms with Crippen molar-refractivity contribution >= 4 is 0 Å². The molecular formula is C13H27N3. The second-order valence-electron chi connectivity index (χ2n) is 4.62. The minimum Gasteiger partial charge on any atom is -0.359 e. The monoisotopic (exact) mass is 225 g/mol. The second-order valence-corrected chi connectivity index (χ2v) is 4.62. The van der Waals surface area contributed by atoms with E-state index in [-0.39, 0.29) is 0 Å². The van der Waals surface area contributed by atoms with Crippen LogP contribution in [0.4, 0.5) is 0 Å². The van der Waals surface area contributed by atoms with Crippen molar-refractivity contribution in [2.45, 2.75) is 45.4 Å². The lowest BCUT2D eigenvalue weighted by atomic mass is 10.1. The van der Waals surface area contributed by atoms with Gasteiger partial charge in [-0.25, -0.2) is 0 Å². The van der Waals surface area contributed by atoms with Gasteiger partial charge in [0.25, 0.3) is 0 Å². The number of unbranched alkanes of at least 4 members (excludes halogenated alkanes) is 5. The van der Waals surface area contributed by atoms with Gasteiger partial charge in [-0.1, -0.05) is 39.0 Å². The van der Waals surface area contributed by atoms with Crippen molar-refractivity contribution in [2.75, 3.05) is 26.3 Å². The van der Waals surface area contributed by atoms with Crippen molar-refractivity contribution in [3.63, 3.8) is 0 Å². The van der Waals surface area contributed by atoms with Gasteiger partial charge in [0.15, 0.2) is 0 Å². The third kappa shape index (κ3) is 5.40. The van der Waals surface area contributed by atoms with Gasteiger partial charge in [-0.15, -0.1) is 0 Å². The summed E-state index contributed by atoms with van der Waals surface area (Å²) in [6.07, 6.45) is 12.6. The Morgan fingerprint density at radius 1 is 0.938 bits per heavy atom. The molecule has 1 rings (SSSR count). The summed E-state index contributed by atoms with van der Waals surface area (Å²) >= 11 is 0. The second kappa shape index (κ2) is 8.45. The van der Waals surface area contributed by atoms with Crippen LogP contribution in [0, 0.1) is 0 Å². The van der Waals surface area contributed by atoms with Gasteiger partial charge < -0.3 is 15.5 Å². The van der Waals surface area contributed by atoms with E-state index < -0.39 is 0 Å². The average molecular weight is 225 g/mol. The molecular weight excluding hydrogens is 198 g/mol. The summed E-state index contributed by atoms with van der Waals surface area (Å²) < 4.78 is 0. The standard InChI is InChI=1S/C13H27N3/c1-2-3-4-5-6-7-9-15-11-12-16(13-15)10-8-14/h11-12H,2-10,13-14H2,1H3. The fourth-order valence-corrected chi connectivity index (χ4v) is 2.07. The number of rotatable bonds is 9. The van der Waals surface area contributed by atoms with Crippen LogP contribution in [0.5, 0.6) is 0 Å². The summed E-state index contributed by atoms with van der Waals surface area (Å²) in [5.41, 5.74) is 5.53. The van der Waals surface area contributed by atoms with Gasteiger partial charge in [0.2, 0.25) is 0 Å². The molecule has 1 heterocycles. The lowest BCUT2D eigenvalue weighted by Crippen LogP contribution is -2.29. The molecule has 0 atom stereocenters. The highest BCUT2D eigenvalue weighted by Gasteiger charge is 2.09. The Labute approximate surface area is 100 Å². The smallest absolute Gasteiger partial charge is 0.0894 e. The molecule has 0 amide bonds. The highest BCUT2D eigenvalue weighted by atomic mass is 15.3. The first-order valence-corrected chi connectivity index (χ1v) is 6.73. The zero-order valence-corrected chi connectivity index (χ0v) is 10.7. The van der Waals surface area contributed by atoms with Crippen molar-refractivity contribution in [2.24, 2.45) is 5.73 Å². The van der Waals surface area contributed by atoms with Gasteiger partial charge in [0, 0.05) is 32.0 Å². The summed E-state index contributed by atoms with van der Waals surface area (Å²) in [7, 11) is 0. The predicted octanol–water partition coefficient (Wildman–Crippen LogP) is 2.35. The maximum Gasteiger partial charge on any atom is 0.0894 e. The largest absolute Gasteiger partial charge is 0.359 e. The van der Waals surface area contributed by atoms with Gasteiger partial charge in [-0.2, -0.15) is 0 Å². The first kappa shape index (κ1) is 13.4. The minimum absolute atomic E-state index is 0.745. The predicted molar refractivity (Wildman–Crippen MR) is 69.8 cm³/mol. The Bertz CT molecular complexity index is 192. The van der Waals surface area contributed by atoms with Crippen molar-refractivity contribution in [1.82, 2.24) is 9.80 Å². The molecule has 1 aliphatic rings. The van der Waals surface area contributed by atoms with Crippen LogP contribution in [0.2, 0.25) is 0 Å². The van der Waals surface area contributed by atoms with Crippen molar-refractivity contribution in [3.8, 4) is 0 Å². The Morgan fingerprint density at radius 3 is 2.25 bits per heavy atom. The van der Waals surface area contributed by atoms with Gasteiger partial charge in [0.1, 0.15) is 0 Å². The number of hydrogen-bond acceptors (Lipinski definition) is 3.